The van der Waals surface area contributed by atoms with E-state index in [9.17, 15) is 4.79 Å². The first-order valence-electron chi connectivity index (χ1n) is 13.5. The Bertz CT molecular complexity index is 805. The second kappa shape index (κ2) is 11.8. The summed E-state index contributed by atoms with van der Waals surface area (Å²) in [4.78, 5) is 15.2. The Morgan fingerprint density at radius 1 is 1.31 bits per heavy atom. The lowest BCUT2D eigenvalue weighted by Gasteiger charge is -2.42. The van der Waals surface area contributed by atoms with E-state index in [1.165, 1.54) is 5.57 Å². The van der Waals surface area contributed by atoms with Crippen LogP contribution in [0.2, 0.25) is 0 Å². The molecular formula is C28H49N3O5. The monoisotopic (exact) mass is 507 g/mol. The predicted octanol–water partition coefficient (Wildman–Crippen LogP) is 3.87. The fourth-order valence-corrected chi connectivity index (χ4v) is 5.78. The fourth-order valence-electron chi connectivity index (χ4n) is 5.78. The summed E-state index contributed by atoms with van der Waals surface area (Å²) in [6.07, 6.45) is 4.64. The van der Waals surface area contributed by atoms with Gasteiger partial charge in [0.25, 0.3) is 0 Å². The molecule has 0 unspecified atom stereocenters. The molecule has 8 heteroatoms. The molecule has 206 valence electrons. The highest BCUT2D eigenvalue weighted by Crippen LogP contribution is 2.59. The average molecular weight is 508 g/mol. The molecular weight excluding hydrogens is 458 g/mol. The third-order valence-electron chi connectivity index (χ3n) is 7.95. The molecule has 1 amide bonds. The minimum atomic E-state index is -0.439. The molecule has 2 saturated heterocycles. The Labute approximate surface area is 218 Å². The van der Waals surface area contributed by atoms with Crippen LogP contribution in [0.4, 0.5) is 4.79 Å². The Balaban J connectivity index is 1.62. The van der Waals surface area contributed by atoms with E-state index in [1.807, 2.05) is 0 Å². The van der Waals surface area contributed by atoms with Gasteiger partial charge in [0.15, 0.2) is 0 Å². The van der Waals surface area contributed by atoms with Gasteiger partial charge in [-0.05, 0) is 73.0 Å². The quantitative estimate of drug-likeness (QED) is 0.222. The number of hydrogen-bond acceptors (Lipinski definition) is 7. The number of allylic oxidation sites excluding steroid dienone is 1. The van der Waals surface area contributed by atoms with Crippen LogP contribution in [-0.4, -0.2) is 87.5 Å². The molecule has 2 aliphatic heterocycles. The first-order chi connectivity index (χ1) is 16.9. The summed E-state index contributed by atoms with van der Waals surface area (Å²) >= 11 is 0. The molecule has 2 heterocycles. The number of rotatable bonds is 13. The molecule has 1 aliphatic carbocycles. The molecule has 36 heavy (non-hydrogen) atoms. The smallest absolute Gasteiger partial charge is 0.408 e. The van der Waals surface area contributed by atoms with Gasteiger partial charge in [0.05, 0.1) is 24.7 Å². The highest BCUT2D eigenvalue weighted by atomic mass is 16.6. The first kappa shape index (κ1) is 29.0. The van der Waals surface area contributed by atoms with Gasteiger partial charge in [-0.2, -0.15) is 0 Å². The van der Waals surface area contributed by atoms with Gasteiger partial charge >= 0.3 is 6.09 Å². The van der Waals surface area contributed by atoms with Gasteiger partial charge in [-0.3, -0.25) is 0 Å². The maximum atomic E-state index is 13.1. The van der Waals surface area contributed by atoms with E-state index in [0.29, 0.717) is 13.0 Å². The molecule has 7 atom stereocenters. The lowest BCUT2D eigenvalue weighted by Crippen LogP contribution is -2.56. The summed E-state index contributed by atoms with van der Waals surface area (Å²) in [6.45, 7) is 17.2. The van der Waals surface area contributed by atoms with Crippen LogP contribution in [0.1, 0.15) is 60.3 Å². The summed E-state index contributed by atoms with van der Waals surface area (Å²) in [5.41, 5.74) is 1.49. The van der Waals surface area contributed by atoms with Gasteiger partial charge in [-0.15, -0.1) is 0 Å². The third kappa shape index (κ3) is 6.82. The second-order valence-electron chi connectivity index (χ2n) is 11.8. The van der Waals surface area contributed by atoms with E-state index in [1.54, 1.807) is 7.11 Å². The van der Waals surface area contributed by atoms with Crippen molar-refractivity contribution in [2.45, 2.75) is 95.9 Å². The van der Waals surface area contributed by atoms with E-state index in [4.69, 9.17) is 18.9 Å². The minimum Gasteiger partial charge on any atom is -0.443 e. The van der Waals surface area contributed by atoms with Gasteiger partial charge in [0, 0.05) is 19.4 Å². The maximum Gasteiger partial charge on any atom is 0.408 e. The Kier molecular flexibility index (Phi) is 9.52. The number of methoxy groups -OCH3 is 1. The number of epoxide rings is 2. The number of alkyl carbamates (subject to hydrolysis) is 1. The summed E-state index contributed by atoms with van der Waals surface area (Å²) in [7, 11) is 5.81. The molecule has 3 fully saturated rings. The molecule has 0 bridgehead atoms. The summed E-state index contributed by atoms with van der Waals surface area (Å²) < 4.78 is 24.3. The number of ether oxygens (including phenoxy) is 4. The fraction of sp³-hybridized carbons (Fsp3) is 0.821. The van der Waals surface area contributed by atoms with Crippen LogP contribution in [0.5, 0.6) is 0 Å². The molecule has 0 radical (unpaired) electrons. The molecule has 0 aromatic heterocycles. The van der Waals surface area contributed by atoms with E-state index < -0.39 is 6.09 Å². The SMILES string of the molecule is C=C(NCCCN(C)C)[C@H](NC(=O)O[C@@H]1CC[C@]2(CO2)[C@@H]([C@@]2(C)O[C@@H]2CC=C(C)C)[C@@H]1OC)C(C)C. The number of nitrogens with one attached hydrogen (secondary N) is 2. The molecule has 8 nitrogen and oxygen atoms in total. The van der Waals surface area contributed by atoms with Crippen molar-refractivity contribution in [1.29, 1.82) is 0 Å². The molecule has 3 rings (SSSR count). The summed E-state index contributed by atoms with van der Waals surface area (Å²) in [5, 5.41) is 6.42. The zero-order valence-electron chi connectivity index (χ0n) is 23.7. The lowest BCUT2D eigenvalue weighted by molar-refractivity contribution is -0.118. The van der Waals surface area contributed by atoms with E-state index in [2.05, 4.69) is 76.9 Å². The predicted molar refractivity (Wildman–Crippen MR) is 142 cm³/mol. The highest BCUT2D eigenvalue weighted by Gasteiger charge is 2.72. The Morgan fingerprint density at radius 2 is 2.00 bits per heavy atom. The Morgan fingerprint density at radius 3 is 2.56 bits per heavy atom. The number of amides is 1. The maximum absolute atomic E-state index is 13.1. The van der Waals surface area contributed by atoms with Crippen LogP contribution < -0.4 is 10.6 Å². The normalized spacial score (nSPS) is 33.8. The average Bonchev–Trinajstić information content (AvgIpc) is 3.71. The van der Waals surface area contributed by atoms with Crippen molar-refractivity contribution in [2.24, 2.45) is 11.8 Å². The number of carbonyl (C=O) groups excluding carboxylic acids is 1. The van der Waals surface area contributed by atoms with Crippen molar-refractivity contribution in [1.82, 2.24) is 15.5 Å². The van der Waals surface area contributed by atoms with Crippen molar-refractivity contribution in [3.05, 3.63) is 23.9 Å². The molecule has 2 N–H and O–H groups in total. The number of carbonyl (C=O) groups is 1. The first-order valence-corrected chi connectivity index (χ1v) is 13.5. The number of hydrogen-bond donors (Lipinski definition) is 2. The molecule has 0 aromatic carbocycles. The Hall–Kier alpha value is -1.61. The van der Waals surface area contributed by atoms with Gasteiger partial charge < -0.3 is 34.5 Å². The van der Waals surface area contributed by atoms with Gasteiger partial charge in [-0.1, -0.05) is 32.1 Å². The molecule has 3 aliphatic rings. The molecule has 1 spiro atoms. The van der Waals surface area contributed by atoms with Crippen LogP contribution in [-0.2, 0) is 18.9 Å². The minimum absolute atomic E-state index is 0.00587. The van der Waals surface area contributed by atoms with E-state index in [-0.39, 0.29) is 47.4 Å². The number of nitrogens with zero attached hydrogens (tertiary/aromatic N) is 1. The van der Waals surface area contributed by atoms with Gasteiger partial charge in [-0.25, -0.2) is 4.79 Å². The third-order valence-corrected chi connectivity index (χ3v) is 7.95. The standard InChI is InChI=1S/C28H49N3O5/c1-18(2)11-12-22-27(6,36-22)25-24(33-9)21(13-14-28(25)17-34-28)35-26(32)30-23(19(3)4)20(5)29-15-10-16-31(7)8/h11,19,21-25,29H,5,10,12-17H2,1-4,6-9H3,(H,30,32)/t21-,22-,23-,24-,25-,27+,28+/m1/s1. The van der Waals surface area contributed by atoms with Crippen LogP contribution in [0, 0.1) is 11.8 Å². The zero-order valence-corrected chi connectivity index (χ0v) is 23.7. The summed E-state index contributed by atoms with van der Waals surface area (Å²) in [6, 6.07) is -0.229. The van der Waals surface area contributed by atoms with Crippen LogP contribution in [0.3, 0.4) is 0 Å². The van der Waals surface area contributed by atoms with Gasteiger partial charge in [0.1, 0.15) is 23.4 Å². The highest BCUT2D eigenvalue weighted by molar-refractivity contribution is 5.68. The van der Waals surface area contributed by atoms with Crippen molar-refractivity contribution >= 4 is 6.09 Å². The van der Waals surface area contributed by atoms with Crippen molar-refractivity contribution in [2.75, 3.05) is 40.9 Å². The second-order valence-corrected chi connectivity index (χ2v) is 11.8. The van der Waals surface area contributed by atoms with Crippen LogP contribution >= 0.6 is 0 Å². The van der Waals surface area contributed by atoms with Crippen molar-refractivity contribution in [3.8, 4) is 0 Å². The lowest BCUT2D eigenvalue weighted by atomic mass is 9.68. The topological polar surface area (TPSA) is 87.9 Å². The van der Waals surface area contributed by atoms with Crippen molar-refractivity contribution in [3.63, 3.8) is 0 Å². The largest absolute Gasteiger partial charge is 0.443 e. The van der Waals surface area contributed by atoms with Gasteiger partial charge in [0.2, 0.25) is 0 Å². The summed E-state index contributed by atoms with van der Waals surface area (Å²) in [5.74, 6) is 0.174. The molecule has 1 saturated carbocycles. The van der Waals surface area contributed by atoms with Crippen LogP contribution in [0.25, 0.3) is 0 Å². The molecule has 0 aromatic rings. The zero-order chi connectivity index (χ0) is 26.7. The van der Waals surface area contributed by atoms with Crippen LogP contribution in [0.15, 0.2) is 23.9 Å². The van der Waals surface area contributed by atoms with E-state index in [0.717, 1.165) is 38.0 Å². The van der Waals surface area contributed by atoms with Crippen molar-refractivity contribution < 1.29 is 23.7 Å². The van der Waals surface area contributed by atoms with E-state index >= 15 is 0 Å².